The number of aliphatic imine (C=N–C) groups is 1. The van der Waals surface area contributed by atoms with E-state index in [1.54, 1.807) is 13.3 Å². The van der Waals surface area contributed by atoms with Crippen molar-refractivity contribution < 1.29 is 9.84 Å². The summed E-state index contributed by atoms with van der Waals surface area (Å²) in [5.41, 5.74) is 5.18. The molecule has 0 amide bonds. The maximum absolute atomic E-state index is 10.8. The molecule has 0 radical (unpaired) electrons. The molecule has 0 unspecified atom stereocenters. The largest absolute Gasteiger partial charge is 0.507 e. The quantitative estimate of drug-likeness (QED) is 0.403. The lowest BCUT2D eigenvalue weighted by molar-refractivity contribution is 0.416. The van der Waals surface area contributed by atoms with Crippen LogP contribution in [0.4, 0.5) is 5.69 Å². The average Bonchev–Trinajstić information content (AvgIpc) is 2.79. The fraction of sp³-hybridized carbons (Fsp3) is 0.0385. The number of para-hydroxylation sites is 3. The van der Waals surface area contributed by atoms with Crippen LogP contribution in [-0.2, 0) is 0 Å². The predicted molar refractivity (Wildman–Crippen MR) is 119 cm³/mol. The molecule has 4 aromatic rings. The van der Waals surface area contributed by atoms with Gasteiger partial charge in [0.1, 0.15) is 11.5 Å². The fourth-order valence-electron chi connectivity index (χ4n) is 3.34. The molecule has 0 aliphatic heterocycles. The molecule has 0 heterocycles. The Morgan fingerprint density at radius 2 is 1.34 bits per heavy atom. The smallest absolute Gasteiger partial charge is 0.132 e. The minimum Gasteiger partial charge on any atom is -0.507 e. The average molecular weight is 379 g/mol. The van der Waals surface area contributed by atoms with Crippen molar-refractivity contribution in [1.82, 2.24) is 0 Å². The Morgan fingerprint density at radius 1 is 0.690 bits per heavy atom. The number of rotatable bonds is 5. The van der Waals surface area contributed by atoms with Gasteiger partial charge in [0.05, 0.1) is 12.8 Å². The molecule has 0 saturated carbocycles. The second-order valence-electron chi connectivity index (χ2n) is 6.59. The van der Waals surface area contributed by atoms with Gasteiger partial charge in [-0.25, -0.2) is 0 Å². The molecule has 4 rings (SSSR count). The molecule has 0 aliphatic carbocycles. The highest BCUT2D eigenvalue weighted by Crippen LogP contribution is 2.37. The Balaban J connectivity index is 1.73. The summed E-state index contributed by atoms with van der Waals surface area (Å²) in [5.74, 6) is 1.02. The third-order valence-corrected chi connectivity index (χ3v) is 4.80. The van der Waals surface area contributed by atoms with Gasteiger partial charge in [0.25, 0.3) is 0 Å². The van der Waals surface area contributed by atoms with E-state index in [1.165, 1.54) is 0 Å². The van der Waals surface area contributed by atoms with E-state index < -0.39 is 0 Å². The number of benzene rings is 4. The summed E-state index contributed by atoms with van der Waals surface area (Å²) in [4.78, 5) is 4.68. The molecular weight excluding hydrogens is 358 g/mol. The lowest BCUT2D eigenvalue weighted by atomic mass is 10.0. The summed E-state index contributed by atoms with van der Waals surface area (Å²) in [6, 6.07) is 31.3. The van der Waals surface area contributed by atoms with Crippen molar-refractivity contribution >= 4 is 11.9 Å². The zero-order valence-corrected chi connectivity index (χ0v) is 16.1. The number of methoxy groups -OCH3 is 1. The SMILES string of the molecule is COc1ccccc1-c1ccccc1N=Cc1cccc(-c2ccccc2)c1O. The van der Waals surface area contributed by atoms with Crippen LogP contribution in [0.1, 0.15) is 5.56 Å². The molecule has 29 heavy (non-hydrogen) atoms. The predicted octanol–water partition coefficient (Wildman–Crippen LogP) is 6.49. The van der Waals surface area contributed by atoms with Gasteiger partial charge in [0.15, 0.2) is 0 Å². The molecule has 142 valence electrons. The third kappa shape index (κ3) is 3.90. The first-order valence-corrected chi connectivity index (χ1v) is 9.42. The molecular formula is C26H21NO2. The van der Waals surface area contributed by atoms with Gasteiger partial charge >= 0.3 is 0 Å². The van der Waals surface area contributed by atoms with Gasteiger partial charge in [-0.1, -0.05) is 78.9 Å². The Morgan fingerprint density at radius 3 is 2.14 bits per heavy atom. The van der Waals surface area contributed by atoms with Gasteiger partial charge < -0.3 is 9.84 Å². The molecule has 0 atom stereocenters. The molecule has 4 aromatic carbocycles. The van der Waals surface area contributed by atoms with Crippen LogP contribution in [-0.4, -0.2) is 18.4 Å². The third-order valence-electron chi connectivity index (χ3n) is 4.80. The van der Waals surface area contributed by atoms with Crippen LogP contribution in [0.25, 0.3) is 22.3 Å². The Labute approximate surface area is 170 Å². The first kappa shape index (κ1) is 18.5. The zero-order valence-electron chi connectivity index (χ0n) is 16.1. The van der Waals surface area contributed by atoms with Gasteiger partial charge in [-0.3, -0.25) is 4.99 Å². The van der Waals surface area contributed by atoms with Crippen molar-refractivity contribution in [2.75, 3.05) is 7.11 Å². The van der Waals surface area contributed by atoms with E-state index in [2.05, 4.69) is 4.99 Å². The second-order valence-corrected chi connectivity index (χ2v) is 6.59. The monoisotopic (exact) mass is 379 g/mol. The van der Waals surface area contributed by atoms with E-state index >= 15 is 0 Å². The van der Waals surface area contributed by atoms with Gasteiger partial charge in [-0.15, -0.1) is 0 Å². The Hall–Kier alpha value is -3.85. The van der Waals surface area contributed by atoms with E-state index in [1.807, 2.05) is 97.1 Å². The second kappa shape index (κ2) is 8.44. The van der Waals surface area contributed by atoms with E-state index in [4.69, 9.17) is 4.74 Å². The van der Waals surface area contributed by atoms with Gasteiger partial charge in [0, 0.05) is 28.5 Å². The molecule has 3 nitrogen and oxygen atoms in total. The normalized spacial score (nSPS) is 10.9. The van der Waals surface area contributed by atoms with E-state index in [0.717, 1.165) is 33.7 Å². The first-order valence-electron chi connectivity index (χ1n) is 9.42. The number of nitrogens with zero attached hydrogens (tertiary/aromatic N) is 1. The Bertz CT molecular complexity index is 1150. The number of phenolic OH excluding ortho intramolecular Hbond substituents is 1. The lowest BCUT2D eigenvalue weighted by Crippen LogP contribution is -1.89. The number of hydrogen-bond donors (Lipinski definition) is 1. The minimum atomic E-state index is 0.220. The van der Waals surface area contributed by atoms with Crippen molar-refractivity contribution in [3.05, 3.63) is 103 Å². The molecule has 0 aliphatic rings. The van der Waals surface area contributed by atoms with Crippen molar-refractivity contribution in [1.29, 1.82) is 0 Å². The van der Waals surface area contributed by atoms with Gasteiger partial charge in [-0.2, -0.15) is 0 Å². The Kier molecular flexibility index (Phi) is 5.39. The number of hydrogen-bond acceptors (Lipinski definition) is 3. The highest BCUT2D eigenvalue weighted by molar-refractivity contribution is 5.91. The molecule has 0 bridgehead atoms. The van der Waals surface area contributed by atoms with E-state index in [9.17, 15) is 5.11 Å². The van der Waals surface area contributed by atoms with Crippen LogP contribution in [0.3, 0.4) is 0 Å². The van der Waals surface area contributed by atoms with E-state index in [-0.39, 0.29) is 5.75 Å². The summed E-state index contributed by atoms with van der Waals surface area (Å²) < 4.78 is 5.51. The first-order chi connectivity index (χ1) is 14.3. The minimum absolute atomic E-state index is 0.220. The standard InChI is InChI=1S/C26H21NO2/c1-29-25-17-8-6-14-23(25)22-13-5-7-16-24(22)27-18-20-12-9-15-21(26(20)28)19-10-3-2-4-11-19/h2-18,28H,1H3. The summed E-state index contributed by atoms with van der Waals surface area (Å²) >= 11 is 0. The van der Waals surface area contributed by atoms with Crippen molar-refractivity contribution in [2.45, 2.75) is 0 Å². The topological polar surface area (TPSA) is 41.8 Å². The lowest BCUT2D eigenvalue weighted by Gasteiger charge is -2.11. The van der Waals surface area contributed by atoms with Crippen LogP contribution >= 0.6 is 0 Å². The van der Waals surface area contributed by atoms with Crippen molar-refractivity contribution in [2.24, 2.45) is 4.99 Å². The van der Waals surface area contributed by atoms with Crippen LogP contribution in [0.15, 0.2) is 102 Å². The fourth-order valence-corrected chi connectivity index (χ4v) is 3.34. The molecule has 0 saturated heterocycles. The summed E-state index contributed by atoms with van der Waals surface area (Å²) in [5, 5.41) is 10.8. The van der Waals surface area contributed by atoms with Gasteiger partial charge in [0.2, 0.25) is 0 Å². The van der Waals surface area contributed by atoms with E-state index in [0.29, 0.717) is 5.56 Å². The van der Waals surface area contributed by atoms with Crippen molar-refractivity contribution in [3.63, 3.8) is 0 Å². The molecule has 0 aromatic heterocycles. The molecule has 0 spiro atoms. The maximum atomic E-state index is 10.8. The van der Waals surface area contributed by atoms with Crippen LogP contribution < -0.4 is 4.74 Å². The van der Waals surface area contributed by atoms with Gasteiger partial charge in [-0.05, 0) is 23.8 Å². The van der Waals surface area contributed by atoms with Crippen LogP contribution in [0.5, 0.6) is 11.5 Å². The summed E-state index contributed by atoms with van der Waals surface area (Å²) in [6.07, 6.45) is 1.70. The van der Waals surface area contributed by atoms with Crippen molar-refractivity contribution in [3.8, 4) is 33.8 Å². The highest BCUT2D eigenvalue weighted by Gasteiger charge is 2.10. The number of ether oxygens (including phenoxy) is 1. The number of aromatic hydroxyl groups is 1. The molecule has 1 N–H and O–H groups in total. The maximum Gasteiger partial charge on any atom is 0.132 e. The molecule has 3 heteroatoms. The summed E-state index contributed by atoms with van der Waals surface area (Å²) in [6.45, 7) is 0. The highest BCUT2D eigenvalue weighted by atomic mass is 16.5. The number of phenols is 1. The zero-order chi connectivity index (χ0) is 20.1. The molecule has 0 fully saturated rings. The van der Waals surface area contributed by atoms with Crippen LogP contribution in [0, 0.1) is 0 Å². The van der Waals surface area contributed by atoms with Crippen LogP contribution in [0.2, 0.25) is 0 Å². The summed E-state index contributed by atoms with van der Waals surface area (Å²) in [7, 11) is 1.66.